The van der Waals surface area contributed by atoms with Crippen LogP contribution in [0.5, 0.6) is 0 Å². The summed E-state index contributed by atoms with van der Waals surface area (Å²) in [6, 6.07) is 0.573. The van der Waals surface area contributed by atoms with Crippen LogP contribution in [0.25, 0.3) is 0 Å². The Hall–Kier alpha value is -0.570. The molecule has 0 aromatic carbocycles. The maximum Gasteiger partial charge on any atom is 0.224 e. The minimum absolute atomic E-state index is 0.0829. The van der Waals surface area contributed by atoms with E-state index in [2.05, 4.69) is 6.92 Å². The maximum absolute atomic E-state index is 11.7. The summed E-state index contributed by atoms with van der Waals surface area (Å²) in [6.07, 6.45) is 6.84. The van der Waals surface area contributed by atoms with E-state index in [1.54, 1.807) is 0 Å². The molecule has 2 fully saturated rings. The quantitative estimate of drug-likeness (QED) is 0.751. The zero-order chi connectivity index (χ0) is 10.8. The molecule has 3 heteroatoms. The molecule has 2 aliphatic rings. The molecule has 15 heavy (non-hydrogen) atoms. The van der Waals surface area contributed by atoms with Gasteiger partial charge in [-0.05, 0) is 18.8 Å². The molecule has 1 aliphatic carbocycles. The minimum Gasteiger partial charge on any atom is -0.338 e. The summed E-state index contributed by atoms with van der Waals surface area (Å²) in [5.74, 6) is 1.11. The summed E-state index contributed by atoms with van der Waals surface area (Å²) in [7, 11) is 0. The molecule has 0 bridgehead atoms. The zero-order valence-electron chi connectivity index (χ0n) is 9.61. The molecule has 0 spiro atoms. The maximum atomic E-state index is 11.7. The monoisotopic (exact) mass is 210 g/mol. The number of hydrogen-bond acceptors (Lipinski definition) is 2. The van der Waals surface area contributed by atoms with Gasteiger partial charge in [-0.15, -0.1) is 0 Å². The van der Waals surface area contributed by atoms with Crippen molar-refractivity contribution in [3.05, 3.63) is 0 Å². The molecule has 2 rings (SSSR count). The van der Waals surface area contributed by atoms with Crippen LogP contribution in [0.2, 0.25) is 0 Å². The molecule has 1 saturated carbocycles. The van der Waals surface area contributed by atoms with Gasteiger partial charge in [-0.3, -0.25) is 4.79 Å². The number of rotatable bonds is 2. The summed E-state index contributed by atoms with van der Waals surface area (Å²) in [4.78, 5) is 13.8. The number of carbonyl (C=O) groups is 1. The van der Waals surface area contributed by atoms with Gasteiger partial charge < -0.3 is 10.6 Å². The predicted octanol–water partition coefficient (Wildman–Crippen LogP) is 1.51. The highest BCUT2D eigenvalue weighted by molar-refractivity contribution is 5.79. The highest BCUT2D eigenvalue weighted by Gasteiger charge is 2.34. The number of likely N-dealkylation sites (tertiary alicyclic amines) is 1. The Morgan fingerprint density at radius 1 is 1.47 bits per heavy atom. The average molecular weight is 210 g/mol. The lowest BCUT2D eigenvalue weighted by Gasteiger charge is -2.35. The molecule has 1 aliphatic heterocycles. The third-order valence-electron chi connectivity index (χ3n) is 3.96. The van der Waals surface area contributed by atoms with E-state index in [9.17, 15) is 4.79 Å². The Morgan fingerprint density at radius 3 is 2.87 bits per heavy atom. The normalized spacial score (nSPS) is 37.3. The van der Waals surface area contributed by atoms with E-state index in [1.165, 1.54) is 32.1 Å². The molecule has 3 nitrogen and oxygen atoms in total. The second-order valence-electron chi connectivity index (χ2n) is 5.11. The van der Waals surface area contributed by atoms with Gasteiger partial charge in [-0.1, -0.05) is 26.2 Å². The summed E-state index contributed by atoms with van der Waals surface area (Å²) in [6.45, 7) is 3.05. The topological polar surface area (TPSA) is 46.3 Å². The van der Waals surface area contributed by atoms with Crippen LogP contribution in [0, 0.1) is 5.92 Å². The van der Waals surface area contributed by atoms with Crippen molar-refractivity contribution in [2.45, 2.75) is 57.5 Å². The number of nitrogens with two attached hydrogens (primary N) is 1. The van der Waals surface area contributed by atoms with E-state index in [4.69, 9.17) is 5.73 Å². The Bertz CT molecular complexity index is 242. The fraction of sp³-hybridized carbons (Fsp3) is 0.917. The van der Waals surface area contributed by atoms with E-state index < -0.39 is 0 Å². The van der Waals surface area contributed by atoms with Crippen LogP contribution in [0.1, 0.15) is 45.4 Å². The van der Waals surface area contributed by atoms with Crippen molar-refractivity contribution in [1.82, 2.24) is 4.90 Å². The fourth-order valence-corrected chi connectivity index (χ4v) is 3.03. The molecule has 3 atom stereocenters. The molecule has 0 radical (unpaired) electrons. The molecular weight excluding hydrogens is 188 g/mol. The summed E-state index contributed by atoms with van der Waals surface area (Å²) >= 11 is 0. The van der Waals surface area contributed by atoms with Crippen molar-refractivity contribution in [2.75, 3.05) is 6.54 Å². The van der Waals surface area contributed by atoms with Gasteiger partial charge >= 0.3 is 0 Å². The van der Waals surface area contributed by atoms with Gasteiger partial charge in [-0.25, -0.2) is 0 Å². The summed E-state index contributed by atoms with van der Waals surface area (Å²) in [5, 5.41) is 0. The first-order chi connectivity index (χ1) is 7.20. The second kappa shape index (κ2) is 4.52. The second-order valence-corrected chi connectivity index (χ2v) is 5.11. The standard InChI is InChI=1S/C12H22N2O/c1-2-9-4-3-5-11(6-9)14-8-10(13)7-12(14)15/h9-11H,2-8,13H2,1H3. The number of carbonyl (C=O) groups excluding carboxylic acids is 1. The highest BCUT2D eigenvalue weighted by Crippen LogP contribution is 2.31. The van der Waals surface area contributed by atoms with Gasteiger partial charge in [0.25, 0.3) is 0 Å². The molecule has 0 aromatic rings. The fourth-order valence-electron chi connectivity index (χ4n) is 3.03. The molecule has 3 unspecified atom stereocenters. The Kier molecular flexibility index (Phi) is 3.29. The highest BCUT2D eigenvalue weighted by atomic mass is 16.2. The van der Waals surface area contributed by atoms with Crippen molar-refractivity contribution >= 4 is 5.91 Å². The lowest BCUT2D eigenvalue weighted by molar-refractivity contribution is -0.130. The number of hydrogen-bond donors (Lipinski definition) is 1. The van der Waals surface area contributed by atoms with Crippen LogP contribution in [-0.4, -0.2) is 29.4 Å². The lowest BCUT2D eigenvalue weighted by Crippen LogP contribution is -2.40. The SMILES string of the molecule is CCC1CCCC(N2CC(N)CC2=O)C1. The van der Waals surface area contributed by atoms with Crippen molar-refractivity contribution in [2.24, 2.45) is 11.7 Å². The average Bonchev–Trinajstić information content (AvgIpc) is 2.58. The van der Waals surface area contributed by atoms with E-state index in [0.29, 0.717) is 12.5 Å². The van der Waals surface area contributed by atoms with Gasteiger partial charge in [0.05, 0.1) is 0 Å². The Balaban J connectivity index is 1.95. The smallest absolute Gasteiger partial charge is 0.224 e. The summed E-state index contributed by atoms with van der Waals surface area (Å²) < 4.78 is 0. The van der Waals surface area contributed by atoms with Crippen LogP contribution < -0.4 is 5.73 Å². The van der Waals surface area contributed by atoms with Gasteiger partial charge in [-0.2, -0.15) is 0 Å². The van der Waals surface area contributed by atoms with Crippen LogP contribution >= 0.6 is 0 Å². The van der Waals surface area contributed by atoms with Crippen LogP contribution in [0.4, 0.5) is 0 Å². The number of nitrogens with zero attached hydrogens (tertiary/aromatic N) is 1. The van der Waals surface area contributed by atoms with Crippen molar-refractivity contribution in [3.8, 4) is 0 Å². The molecule has 86 valence electrons. The van der Waals surface area contributed by atoms with E-state index in [-0.39, 0.29) is 11.9 Å². The van der Waals surface area contributed by atoms with Gasteiger partial charge in [0, 0.05) is 25.0 Å². The zero-order valence-corrected chi connectivity index (χ0v) is 9.61. The Morgan fingerprint density at radius 2 is 2.27 bits per heavy atom. The third kappa shape index (κ3) is 2.33. The van der Waals surface area contributed by atoms with Crippen molar-refractivity contribution in [3.63, 3.8) is 0 Å². The lowest BCUT2D eigenvalue weighted by atomic mass is 9.83. The van der Waals surface area contributed by atoms with Crippen molar-refractivity contribution < 1.29 is 4.79 Å². The van der Waals surface area contributed by atoms with E-state index >= 15 is 0 Å². The van der Waals surface area contributed by atoms with Gasteiger partial charge in [0.15, 0.2) is 0 Å². The Labute approximate surface area is 92.0 Å². The first-order valence-electron chi connectivity index (χ1n) is 6.25. The third-order valence-corrected chi connectivity index (χ3v) is 3.96. The van der Waals surface area contributed by atoms with E-state index in [1.807, 2.05) is 4.90 Å². The van der Waals surface area contributed by atoms with Crippen molar-refractivity contribution in [1.29, 1.82) is 0 Å². The van der Waals surface area contributed by atoms with Crippen LogP contribution in [0.15, 0.2) is 0 Å². The molecule has 0 aromatic heterocycles. The molecule has 1 amide bonds. The van der Waals surface area contributed by atoms with Gasteiger partial charge in [0.1, 0.15) is 0 Å². The van der Waals surface area contributed by atoms with Crippen LogP contribution in [0.3, 0.4) is 0 Å². The largest absolute Gasteiger partial charge is 0.338 e. The van der Waals surface area contributed by atoms with Crippen LogP contribution in [-0.2, 0) is 4.79 Å². The predicted molar refractivity (Wildman–Crippen MR) is 60.3 cm³/mol. The molecule has 2 N–H and O–H groups in total. The first-order valence-corrected chi connectivity index (χ1v) is 6.25. The molecular formula is C12H22N2O. The van der Waals surface area contributed by atoms with Gasteiger partial charge in [0.2, 0.25) is 5.91 Å². The number of amides is 1. The minimum atomic E-state index is 0.0829. The summed E-state index contributed by atoms with van der Waals surface area (Å²) in [5.41, 5.74) is 5.83. The molecule has 1 heterocycles. The molecule has 1 saturated heterocycles. The van der Waals surface area contributed by atoms with E-state index in [0.717, 1.165) is 12.5 Å². The first kappa shape index (κ1) is 10.9.